The molecule has 40 heavy (non-hydrogen) atoms. The molecular weight excluding hydrogens is 507 g/mol. The molecule has 202 valence electrons. The summed E-state index contributed by atoms with van der Waals surface area (Å²) in [5.41, 5.74) is 4.58. The number of ketones is 1. The van der Waals surface area contributed by atoms with Crippen LogP contribution in [0.15, 0.2) is 66.9 Å². The Bertz CT molecular complexity index is 1670. The topological polar surface area (TPSA) is 72.9 Å². The van der Waals surface area contributed by atoms with Crippen molar-refractivity contribution in [1.29, 1.82) is 0 Å². The van der Waals surface area contributed by atoms with Crippen molar-refractivity contribution in [2.24, 2.45) is 17.3 Å². The first-order valence-electron chi connectivity index (χ1n) is 13.5. The Hall–Kier alpha value is -4.44. The summed E-state index contributed by atoms with van der Waals surface area (Å²) in [6.45, 7) is 7.82. The minimum atomic E-state index is -0.719. The highest BCUT2D eigenvalue weighted by Crippen LogP contribution is 2.62. The van der Waals surface area contributed by atoms with Gasteiger partial charge in [0.25, 0.3) is 0 Å². The number of hydrogen-bond acceptors (Lipinski definition) is 3. The van der Waals surface area contributed by atoms with Gasteiger partial charge in [0.1, 0.15) is 11.6 Å². The fraction of sp³-hybridized carbons (Fsp3) is 0.303. The number of carboxylic acid groups (broad SMARTS) is 1. The lowest BCUT2D eigenvalue weighted by atomic mass is 9.47. The minimum absolute atomic E-state index is 0.00268. The second-order valence-corrected chi connectivity index (χ2v) is 11.4. The van der Waals surface area contributed by atoms with Crippen LogP contribution < -0.4 is 4.74 Å². The summed E-state index contributed by atoms with van der Waals surface area (Å²) in [7, 11) is 1.58. The first-order valence-corrected chi connectivity index (χ1v) is 13.5. The number of benzene rings is 3. The monoisotopic (exact) mass is 536 g/mol. The van der Waals surface area contributed by atoms with Crippen molar-refractivity contribution in [2.75, 3.05) is 7.11 Å². The highest BCUT2D eigenvalue weighted by molar-refractivity contribution is 6.07. The largest absolute Gasteiger partial charge is 0.498 e. The summed E-state index contributed by atoms with van der Waals surface area (Å²) in [4.78, 5) is 28.1. The van der Waals surface area contributed by atoms with Gasteiger partial charge in [-0.25, -0.2) is 9.24 Å². The van der Waals surface area contributed by atoms with Gasteiger partial charge in [-0.3, -0.25) is 9.59 Å². The third-order valence-corrected chi connectivity index (χ3v) is 8.69. The molecule has 6 nitrogen and oxygen atoms in total. The number of nitrogens with zero attached hydrogens (tertiary/aromatic N) is 2. The molecule has 0 radical (unpaired) electrons. The lowest BCUT2D eigenvalue weighted by molar-refractivity contribution is -0.157. The summed E-state index contributed by atoms with van der Waals surface area (Å²) < 4.78 is 22.0. The van der Waals surface area contributed by atoms with E-state index in [1.54, 1.807) is 25.3 Å². The fourth-order valence-electron chi connectivity index (χ4n) is 6.75. The van der Waals surface area contributed by atoms with E-state index < -0.39 is 5.97 Å². The van der Waals surface area contributed by atoms with Crippen LogP contribution in [0.1, 0.15) is 48.0 Å². The van der Waals surface area contributed by atoms with E-state index >= 15 is 0 Å². The second kappa shape index (κ2) is 9.95. The average molecular weight is 537 g/mol. The summed E-state index contributed by atoms with van der Waals surface area (Å²) in [5.74, 6) is -0.437. The smallest absolute Gasteiger partial charge is 0.306 e. The molecule has 1 heterocycles. The van der Waals surface area contributed by atoms with Crippen LogP contribution in [0.3, 0.4) is 0 Å². The van der Waals surface area contributed by atoms with Crippen molar-refractivity contribution in [1.82, 2.24) is 4.57 Å². The molecule has 2 fully saturated rings. The summed E-state index contributed by atoms with van der Waals surface area (Å²) in [6, 6.07) is 18.1. The van der Waals surface area contributed by atoms with E-state index in [1.807, 2.05) is 47.2 Å². The van der Waals surface area contributed by atoms with Crippen molar-refractivity contribution in [3.63, 3.8) is 0 Å². The number of rotatable bonds is 8. The first-order chi connectivity index (χ1) is 19.3. The molecule has 6 rings (SSSR count). The van der Waals surface area contributed by atoms with Crippen LogP contribution in [0.4, 0.5) is 10.1 Å². The van der Waals surface area contributed by atoms with Gasteiger partial charge in [-0.2, -0.15) is 0 Å². The molecule has 1 N–H and O–H groups in total. The maximum Gasteiger partial charge on any atom is 0.306 e. The molecule has 2 aliphatic carbocycles. The molecule has 7 heteroatoms. The Morgan fingerprint density at radius 3 is 2.48 bits per heavy atom. The van der Waals surface area contributed by atoms with Crippen molar-refractivity contribution in [2.45, 2.75) is 38.6 Å². The van der Waals surface area contributed by atoms with Gasteiger partial charge >= 0.3 is 5.97 Å². The van der Waals surface area contributed by atoms with E-state index in [2.05, 4.69) is 4.85 Å². The quantitative estimate of drug-likeness (QED) is 0.187. The van der Waals surface area contributed by atoms with Crippen LogP contribution in [0.5, 0.6) is 5.75 Å². The average Bonchev–Trinajstić information content (AvgIpc) is 3.33. The number of aliphatic carboxylic acids is 1. The van der Waals surface area contributed by atoms with Crippen molar-refractivity contribution < 1.29 is 23.8 Å². The predicted octanol–water partition coefficient (Wildman–Crippen LogP) is 7.52. The van der Waals surface area contributed by atoms with Gasteiger partial charge in [0.2, 0.25) is 0 Å². The van der Waals surface area contributed by atoms with E-state index in [-0.39, 0.29) is 28.9 Å². The van der Waals surface area contributed by atoms with Gasteiger partial charge in [-0.05, 0) is 90.1 Å². The second-order valence-electron chi connectivity index (χ2n) is 11.4. The number of halogens is 1. The Kier molecular flexibility index (Phi) is 6.42. The van der Waals surface area contributed by atoms with Crippen molar-refractivity contribution in [3.8, 4) is 16.9 Å². The van der Waals surface area contributed by atoms with E-state index in [1.165, 1.54) is 6.07 Å². The Balaban J connectivity index is 1.20. The number of Topliss-reactive ketones (excluding diaryl/α,β-unsaturated/α-hetero) is 1. The predicted molar refractivity (Wildman–Crippen MR) is 150 cm³/mol. The fourth-order valence-corrected chi connectivity index (χ4v) is 6.75. The third kappa shape index (κ3) is 4.64. The molecule has 0 atom stereocenters. The molecule has 1 spiro atoms. The number of methoxy groups -OCH3 is 1. The molecular formula is C33H29FN2O4. The molecule has 1 aromatic heterocycles. The Labute approximate surface area is 231 Å². The molecule has 0 amide bonds. The zero-order valence-corrected chi connectivity index (χ0v) is 22.2. The molecule has 0 saturated heterocycles. The van der Waals surface area contributed by atoms with Gasteiger partial charge in [-0.15, -0.1) is 0 Å². The molecule has 4 aromatic rings. The van der Waals surface area contributed by atoms with Crippen molar-refractivity contribution >= 4 is 28.3 Å². The van der Waals surface area contributed by atoms with Crippen molar-refractivity contribution in [3.05, 3.63) is 95.2 Å². The summed E-state index contributed by atoms with van der Waals surface area (Å²) in [6.07, 6.45) is 5.44. The molecule has 2 saturated carbocycles. The maximum absolute atomic E-state index is 14.7. The van der Waals surface area contributed by atoms with Gasteiger partial charge in [0, 0.05) is 30.1 Å². The van der Waals surface area contributed by atoms with Gasteiger partial charge in [-0.1, -0.05) is 24.3 Å². The van der Waals surface area contributed by atoms with Crippen LogP contribution in [-0.4, -0.2) is 28.5 Å². The van der Waals surface area contributed by atoms with E-state index in [4.69, 9.17) is 11.3 Å². The van der Waals surface area contributed by atoms with Crippen LogP contribution in [0.25, 0.3) is 26.9 Å². The van der Waals surface area contributed by atoms with Gasteiger partial charge in [0.05, 0.1) is 25.1 Å². The maximum atomic E-state index is 14.7. The van der Waals surface area contributed by atoms with E-state index in [0.717, 1.165) is 29.5 Å². The first kappa shape index (κ1) is 25.8. The van der Waals surface area contributed by atoms with E-state index in [9.17, 15) is 19.1 Å². The van der Waals surface area contributed by atoms with Crippen LogP contribution in [-0.2, 0) is 11.3 Å². The number of carbonyl (C=O) groups excluding carboxylic acids is 1. The molecule has 0 bridgehead atoms. The zero-order valence-electron chi connectivity index (χ0n) is 22.2. The third-order valence-electron chi connectivity index (χ3n) is 8.69. The Morgan fingerprint density at radius 2 is 1.80 bits per heavy atom. The highest BCUT2D eigenvalue weighted by atomic mass is 19.1. The highest BCUT2D eigenvalue weighted by Gasteiger charge is 2.54. The lowest BCUT2D eigenvalue weighted by Crippen LogP contribution is -2.50. The number of ether oxygens (including phenoxy) is 1. The Morgan fingerprint density at radius 1 is 1.05 bits per heavy atom. The van der Waals surface area contributed by atoms with Gasteiger partial charge < -0.3 is 14.4 Å². The SMILES string of the molecule is [C-]#[N+]c1cc(OC)cc(-c2ccc(Cn3ccc4c(F)ccc(C(=O)CC5CC6(C5)CC(C(=O)O)C6)c43)cc2)c1. The van der Waals surface area contributed by atoms with Crippen LogP contribution >= 0.6 is 0 Å². The minimum Gasteiger partial charge on any atom is -0.498 e. The number of hydrogen-bond donors (Lipinski definition) is 1. The number of fused-ring (bicyclic) bond motifs is 1. The molecule has 3 aromatic carbocycles. The normalized spacial score (nSPS) is 21.4. The number of aromatic nitrogens is 1. The lowest BCUT2D eigenvalue weighted by Gasteiger charge is -2.56. The van der Waals surface area contributed by atoms with Crippen LogP contribution in [0.2, 0.25) is 0 Å². The summed E-state index contributed by atoms with van der Waals surface area (Å²) in [5, 5.41) is 9.61. The zero-order chi connectivity index (χ0) is 28.0. The number of carboxylic acids is 1. The van der Waals surface area contributed by atoms with Crippen LogP contribution in [0, 0.1) is 29.6 Å². The standard InChI is InChI=1S/C33H29FN2O4/c1-35-25-12-23(13-26(14-25)40-2)22-5-3-20(4-6-22)19-36-10-9-27-29(34)8-7-28(31(27)36)30(37)11-21-15-33(16-21)17-24(18-33)32(38)39/h3-10,12-14,21,24H,11,15-19H2,2H3,(H,38,39). The molecule has 2 aliphatic rings. The van der Waals surface area contributed by atoms with E-state index in [0.29, 0.717) is 53.7 Å². The molecule has 0 unspecified atom stereocenters. The number of carbonyl (C=O) groups is 2. The molecule has 0 aliphatic heterocycles. The summed E-state index contributed by atoms with van der Waals surface area (Å²) >= 11 is 0. The van der Waals surface area contributed by atoms with Gasteiger partial charge in [0.15, 0.2) is 11.5 Å².